The van der Waals surface area contributed by atoms with Crippen LogP contribution in [0.5, 0.6) is 0 Å². The Morgan fingerprint density at radius 1 is 1.71 bits per heavy atom. The van der Waals surface area contributed by atoms with Crippen LogP contribution >= 0.6 is 11.6 Å². The second-order valence-corrected chi connectivity index (χ2v) is 3.08. The van der Waals surface area contributed by atoms with Crippen LogP contribution in [0.4, 0.5) is 11.5 Å². The van der Waals surface area contributed by atoms with Gasteiger partial charge in [0.2, 0.25) is 11.2 Å². The van der Waals surface area contributed by atoms with Crippen molar-refractivity contribution in [3.63, 3.8) is 0 Å². The summed E-state index contributed by atoms with van der Waals surface area (Å²) in [4.78, 5) is 19.7. The van der Waals surface area contributed by atoms with Gasteiger partial charge in [-0.15, -0.1) is 0 Å². The first-order chi connectivity index (χ1) is 6.50. The number of likely N-dealkylation sites (N-methyl/N-ethyl adjacent to an activating group) is 1. The third kappa shape index (κ3) is 2.46. The number of hydrogen-bond donors (Lipinski definition) is 2. The summed E-state index contributed by atoms with van der Waals surface area (Å²) >= 11 is 5.58. The molecule has 0 saturated carbocycles. The van der Waals surface area contributed by atoms with Crippen LogP contribution in [0, 0.1) is 0 Å². The molecule has 1 rings (SSSR count). The zero-order chi connectivity index (χ0) is 10.7. The lowest BCUT2D eigenvalue weighted by atomic mass is 10.4. The molecule has 0 atom stereocenters. The molecule has 0 spiro atoms. The molecule has 0 bridgehead atoms. The molecule has 0 aromatic carbocycles. The maximum atomic E-state index is 10.6. The Labute approximate surface area is 85.9 Å². The van der Waals surface area contributed by atoms with Crippen molar-refractivity contribution < 1.29 is 4.79 Å². The lowest BCUT2D eigenvalue weighted by molar-refractivity contribution is -0.116. The topological polar surface area (TPSA) is 98.1 Å². The van der Waals surface area contributed by atoms with E-state index in [0.29, 0.717) is 11.5 Å². The van der Waals surface area contributed by atoms with E-state index in [0.717, 1.165) is 0 Å². The van der Waals surface area contributed by atoms with Crippen molar-refractivity contribution in [2.24, 2.45) is 5.73 Å². The number of anilines is 2. The molecule has 0 radical (unpaired) electrons. The van der Waals surface area contributed by atoms with Crippen molar-refractivity contribution in [2.75, 3.05) is 24.2 Å². The quantitative estimate of drug-likeness (QED) is 0.671. The first-order valence-corrected chi connectivity index (χ1v) is 4.16. The smallest absolute Gasteiger partial charge is 0.236 e. The van der Waals surface area contributed by atoms with Gasteiger partial charge in [0.15, 0.2) is 5.82 Å². The summed E-state index contributed by atoms with van der Waals surface area (Å²) in [6.07, 6.45) is 1.38. The van der Waals surface area contributed by atoms with Gasteiger partial charge in [0, 0.05) is 7.05 Å². The highest BCUT2D eigenvalue weighted by atomic mass is 35.5. The molecule has 0 unspecified atom stereocenters. The molecule has 0 aliphatic rings. The number of aromatic nitrogens is 2. The van der Waals surface area contributed by atoms with Crippen LogP contribution < -0.4 is 16.4 Å². The van der Waals surface area contributed by atoms with E-state index in [1.165, 1.54) is 11.1 Å². The zero-order valence-electron chi connectivity index (χ0n) is 7.57. The molecule has 6 nitrogen and oxygen atoms in total. The van der Waals surface area contributed by atoms with Crippen molar-refractivity contribution in [3.8, 4) is 0 Å². The summed E-state index contributed by atoms with van der Waals surface area (Å²) in [5, 5.41) is 0.0746. The third-order valence-corrected chi connectivity index (χ3v) is 1.70. The van der Waals surface area contributed by atoms with Gasteiger partial charge >= 0.3 is 0 Å². The van der Waals surface area contributed by atoms with E-state index in [9.17, 15) is 4.79 Å². The first kappa shape index (κ1) is 10.5. The average molecular weight is 216 g/mol. The van der Waals surface area contributed by atoms with Crippen LogP contribution in [0.15, 0.2) is 6.20 Å². The van der Waals surface area contributed by atoms with Gasteiger partial charge in [0.05, 0.1) is 18.4 Å². The van der Waals surface area contributed by atoms with Crippen LogP contribution in [-0.2, 0) is 4.79 Å². The monoisotopic (exact) mass is 215 g/mol. The molecule has 0 aliphatic carbocycles. The number of halogens is 1. The number of carbonyl (C=O) groups excluding carboxylic acids is 1. The normalized spacial score (nSPS) is 9.86. The van der Waals surface area contributed by atoms with Crippen molar-refractivity contribution in [1.29, 1.82) is 0 Å². The molecular formula is C7H10ClN5O. The standard InChI is InChI=1S/C7H10ClN5O/c1-13(3-5(10)14)6-4(9)2-11-7(8)12-6/h2H,3,9H2,1H3,(H2,10,14). The Kier molecular flexibility index (Phi) is 3.08. The molecule has 0 aliphatic heterocycles. The second-order valence-electron chi connectivity index (χ2n) is 2.74. The Balaban J connectivity index is 2.93. The SMILES string of the molecule is CN(CC(N)=O)c1nc(Cl)ncc1N. The largest absolute Gasteiger partial charge is 0.394 e. The molecule has 7 heteroatoms. The lowest BCUT2D eigenvalue weighted by Crippen LogP contribution is -2.31. The fraction of sp³-hybridized carbons (Fsp3) is 0.286. The van der Waals surface area contributed by atoms with Crippen LogP contribution in [0.25, 0.3) is 0 Å². The number of carbonyl (C=O) groups is 1. The lowest BCUT2D eigenvalue weighted by Gasteiger charge is -2.17. The summed E-state index contributed by atoms with van der Waals surface area (Å²) in [7, 11) is 1.64. The number of rotatable bonds is 3. The van der Waals surface area contributed by atoms with Gasteiger partial charge in [0.1, 0.15) is 0 Å². The minimum absolute atomic E-state index is 0.0253. The van der Waals surface area contributed by atoms with E-state index in [1.807, 2.05) is 0 Å². The van der Waals surface area contributed by atoms with E-state index in [-0.39, 0.29) is 11.8 Å². The van der Waals surface area contributed by atoms with Crippen molar-refractivity contribution in [3.05, 3.63) is 11.5 Å². The maximum absolute atomic E-state index is 10.6. The first-order valence-electron chi connectivity index (χ1n) is 3.78. The Morgan fingerprint density at radius 3 is 2.93 bits per heavy atom. The maximum Gasteiger partial charge on any atom is 0.236 e. The predicted octanol–water partition coefficient (Wildman–Crippen LogP) is -0.366. The Morgan fingerprint density at radius 2 is 2.36 bits per heavy atom. The molecule has 0 fully saturated rings. The molecule has 1 heterocycles. The zero-order valence-corrected chi connectivity index (χ0v) is 8.32. The fourth-order valence-electron chi connectivity index (χ4n) is 0.976. The van der Waals surface area contributed by atoms with Gasteiger partial charge in [0.25, 0.3) is 0 Å². The molecule has 1 amide bonds. The highest BCUT2D eigenvalue weighted by Gasteiger charge is 2.10. The van der Waals surface area contributed by atoms with Crippen LogP contribution in [0.3, 0.4) is 0 Å². The third-order valence-electron chi connectivity index (χ3n) is 1.52. The van der Waals surface area contributed by atoms with E-state index >= 15 is 0 Å². The summed E-state index contributed by atoms with van der Waals surface area (Å²) in [5.41, 5.74) is 11.0. The van der Waals surface area contributed by atoms with Crippen molar-refractivity contribution >= 4 is 29.0 Å². The van der Waals surface area contributed by atoms with Gasteiger partial charge < -0.3 is 16.4 Å². The molecular weight excluding hydrogens is 206 g/mol. The molecule has 1 aromatic rings. The Hall–Kier alpha value is -1.56. The number of primary amides is 1. The van der Waals surface area contributed by atoms with Crippen LogP contribution in [-0.4, -0.2) is 29.5 Å². The molecule has 14 heavy (non-hydrogen) atoms. The highest BCUT2D eigenvalue weighted by molar-refractivity contribution is 6.28. The molecule has 4 N–H and O–H groups in total. The van der Waals surface area contributed by atoms with Crippen LogP contribution in [0.2, 0.25) is 5.28 Å². The molecule has 0 saturated heterocycles. The number of nitrogen functional groups attached to an aromatic ring is 1. The second kappa shape index (κ2) is 4.10. The van der Waals surface area contributed by atoms with Gasteiger partial charge in [-0.3, -0.25) is 4.79 Å². The van der Waals surface area contributed by atoms with Crippen molar-refractivity contribution in [2.45, 2.75) is 0 Å². The van der Waals surface area contributed by atoms with Gasteiger partial charge in [-0.25, -0.2) is 4.98 Å². The Bertz CT molecular complexity index is 356. The van der Waals surface area contributed by atoms with Crippen molar-refractivity contribution in [1.82, 2.24) is 9.97 Å². The summed E-state index contributed by atoms with van der Waals surface area (Å²) in [5.74, 6) is -0.0783. The summed E-state index contributed by atoms with van der Waals surface area (Å²) in [6.45, 7) is 0.0253. The molecule has 1 aromatic heterocycles. The van der Waals surface area contributed by atoms with E-state index < -0.39 is 5.91 Å². The highest BCUT2D eigenvalue weighted by Crippen LogP contribution is 2.18. The van der Waals surface area contributed by atoms with E-state index in [1.54, 1.807) is 7.05 Å². The van der Waals surface area contributed by atoms with Gasteiger partial charge in [-0.2, -0.15) is 4.98 Å². The summed E-state index contributed by atoms with van der Waals surface area (Å²) in [6, 6.07) is 0. The minimum Gasteiger partial charge on any atom is -0.394 e. The predicted molar refractivity (Wildman–Crippen MR) is 53.9 cm³/mol. The number of nitrogens with zero attached hydrogens (tertiary/aromatic N) is 3. The van der Waals surface area contributed by atoms with Crippen LogP contribution in [0.1, 0.15) is 0 Å². The van der Waals surface area contributed by atoms with Gasteiger partial charge in [-0.05, 0) is 11.6 Å². The van der Waals surface area contributed by atoms with Gasteiger partial charge in [-0.1, -0.05) is 0 Å². The number of hydrogen-bond acceptors (Lipinski definition) is 5. The average Bonchev–Trinajstić information content (AvgIpc) is 2.08. The minimum atomic E-state index is -0.471. The van der Waals surface area contributed by atoms with E-state index in [4.69, 9.17) is 23.1 Å². The van der Waals surface area contributed by atoms with E-state index in [2.05, 4.69) is 9.97 Å². The molecule has 76 valence electrons. The number of nitrogens with two attached hydrogens (primary N) is 2. The number of amides is 1. The fourth-order valence-corrected chi connectivity index (χ4v) is 1.10. The summed E-state index contributed by atoms with van der Waals surface area (Å²) < 4.78 is 0.